The van der Waals surface area contributed by atoms with E-state index in [0.717, 1.165) is 4.32 Å². The fourth-order valence-electron chi connectivity index (χ4n) is 0.764. The molecule has 1 rings (SSSR count). The highest BCUT2D eigenvalue weighted by Crippen LogP contribution is 2.18. The molecule has 1 N–H and O–H groups in total. The van der Waals surface area contributed by atoms with Crippen molar-refractivity contribution in [2.45, 2.75) is 11.8 Å². The molecule has 12 heavy (non-hydrogen) atoms. The molecular weight excluding hydrogens is 186 g/mol. The van der Waals surface area contributed by atoms with Crippen molar-refractivity contribution < 1.29 is 0 Å². The summed E-state index contributed by atoms with van der Waals surface area (Å²) < 4.78 is 0.804. The van der Waals surface area contributed by atoms with Crippen LogP contribution in [0.3, 0.4) is 0 Å². The maximum Gasteiger partial charge on any atom is 0.138 e. The molecule has 0 aliphatic carbocycles. The summed E-state index contributed by atoms with van der Waals surface area (Å²) in [6.07, 6.45) is 0. The van der Waals surface area contributed by atoms with Crippen LogP contribution in [0.5, 0.6) is 0 Å². The summed E-state index contributed by atoms with van der Waals surface area (Å²) in [6, 6.07) is 8.31. The molecule has 3 heteroatoms. The highest BCUT2D eigenvalue weighted by atomic mass is 32.2. The molecule has 0 atom stereocenters. The Hall–Kier alpha value is -0.540. The van der Waals surface area contributed by atoms with Crippen LogP contribution >= 0.6 is 24.0 Å². The first kappa shape index (κ1) is 9.55. The number of benzene rings is 1. The highest BCUT2D eigenvalue weighted by molar-refractivity contribution is 8.23. The molecule has 1 nitrogen and oxygen atoms in total. The van der Waals surface area contributed by atoms with Crippen molar-refractivity contribution in [3.05, 3.63) is 29.8 Å². The summed E-state index contributed by atoms with van der Waals surface area (Å²) in [5.74, 6) is 0. The molecule has 1 aromatic rings. The zero-order valence-electron chi connectivity index (χ0n) is 7.13. The van der Waals surface area contributed by atoms with E-state index in [1.807, 2.05) is 7.05 Å². The molecule has 0 unspecified atom stereocenters. The number of hydrogen-bond acceptors (Lipinski definition) is 2. The van der Waals surface area contributed by atoms with Gasteiger partial charge in [0.25, 0.3) is 0 Å². The van der Waals surface area contributed by atoms with Gasteiger partial charge >= 0.3 is 0 Å². The predicted molar refractivity (Wildman–Crippen MR) is 58.7 cm³/mol. The van der Waals surface area contributed by atoms with Gasteiger partial charge in [0.05, 0.1) is 0 Å². The lowest BCUT2D eigenvalue weighted by Crippen LogP contribution is -2.10. The first-order chi connectivity index (χ1) is 5.72. The van der Waals surface area contributed by atoms with Crippen molar-refractivity contribution in [1.82, 2.24) is 5.32 Å². The lowest BCUT2D eigenvalue weighted by molar-refractivity contribution is 1.23. The van der Waals surface area contributed by atoms with Crippen molar-refractivity contribution in [3.8, 4) is 0 Å². The van der Waals surface area contributed by atoms with Gasteiger partial charge in [0, 0.05) is 11.9 Å². The zero-order valence-corrected chi connectivity index (χ0v) is 8.76. The first-order valence-electron chi connectivity index (χ1n) is 3.68. The van der Waals surface area contributed by atoms with Crippen molar-refractivity contribution in [2.24, 2.45) is 0 Å². The fourth-order valence-corrected chi connectivity index (χ4v) is 1.64. The SMILES string of the molecule is CNC(=S)Sc1ccc(C)cc1. The Kier molecular flexibility index (Phi) is 3.56. The van der Waals surface area contributed by atoms with E-state index in [2.05, 4.69) is 36.5 Å². The van der Waals surface area contributed by atoms with E-state index >= 15 is 0 Å². The smallest absolute Gasteiger partial charge is 0.138 e. The minimum Gasteiger partial charge on any atom is -0.374 e. The van der Waals surface area contributed by atoms with Crippen LogP contribution in [0.4, 0.5) is 0 Å². The number of nitrogens with one attached hydrogen (secondary N) is 1. The molecule has 0 fully saturated rings. The van der Waals surface area contributed by atoms with E-state index in [1.165, 1.54) is 10.5 Å². The Labute approximate surface area is 82.6 Å². The van der Waals surface area contributed by atoms with E-state index in [0.29, 0.717) is 0 Å². The second-order valence-corrected chi connectivity index (χ2v) is 4.20. The quantitative estimate of drug-likeness (QED) is 0.549. The summed E-state index contributed by atoms with van der Waals surface area (Å²) in [5, 5.41) is 2.92. The summed E-state index contributed by atoms with van der Waals surface area (Å²) in [7, 11) is 1.84. The molecule has 0 aromatic heterocycles. The van der Waals surface area contributed by atoms with Crippen LogP contribution in [-0.4, -0.2) is 11.4 Å². The molecule has 0 bridgehead atoms. The van der Waals surface area contributed by atoms with Crippen LogP contribution in [0.1, 0.15) is 5.56 Å². The summed E-state index contributed by atoms with van der Waals surface area (Å²) in [6.45, 7) is 2.07. The van der Waals surface area contributed by atoms with Gasteiger partial charge in [-0.1, -0.05) is 41.7 Å². The van der Waals surface area contributed by atoms with Gasteiger partial charge in [-0.05, 0) is 19.1 Å². The van der Waals surface area contributed by atoms with Gasteiger partial charge in [-0.25, -0.2) is 0 Å². The number of thioether (sulfide) groups is 1. The van der Waals surface area contributed by atoms with Crippen molar-refractivity contribution in [1.29, 1.82) is 0 Å². The van der Waals surface area contributed by atoms with Crippen LogP contribution in [-0.2, 0) is 0 Å². The number of aryl methyl sites for hydroxylation is 1. The maximum absolute atomic E-state index is 5.02. The largest absolute Gasteiger partial charge is 0.374 e. The Bertz CT molecular complexity index is 266. The minimum absolute atomic E-state index is 0.804. The van der Waals surface area contributed by atoms with Crippen LogP contribution in [0.15, 0.2) is 29.2 Å². The monoisotopic (exact) mass is 197 g/mol. The molecule has 0 radical (unpaired) electrons. The van der Waals surface area contributed by atoms with E-state index in [-0.39, 0.29) is 0 Å². The van der Waals surface area contributed by atoms with Crippen molar-refractivity contribution in [3.63, 3.8) is 0 Å². The summed E-state index contributed by atoms with van der Waals surface area (Å²) in [5.41, 5.74) is 1.27. The Morgan fingerprint density at radius 2 is 1.92 bits per heavy atom. The molecule has 0 aliphatic heterocycles. The summed E-state index contributed by atoms with van der Waals surface area (Å²) >= 11 is 6.59. The lowest BCUT2D eigenvalue weighted by Gasteiger charge is -2.01. The van der Waals surface area contributed by atoms with Gasteiger partial charge < -0.3 is 5.32 Å². The Morgan fingerprint density at radius 1 is 1.33 bits per heavy atom. The third kappa shape index (κ3) is 2.83. The molecule has 64 valence electrons. The third-order valence-electron chi connectivity index (χ3n) is 1.44. The number of hydrogen-bond donors (Lipinski definition) is 1. The Balaban J connectivity index is 2.64. The normalized spacial score (nSPS) is 9.50. The van der Waals surface area contributed by atoms with Crippen LogP contribution in [0.25, 0.3) is 0 Å². The maximum atomic E-state index is 5.02. The molecular formula is C9H11NS2. The molecule has 0 spiro atoms. The summed E-state index contributed by atoms with van der Waals surface area (Å²) in [4.78, 5) is 1.18. The molecule has 0 saturated carbocycles. The molecule has 0 heterocycles. The van der Waals surface area contributed by atoms with Crippen LogP contribution < -0.4 is 5.32 Å². The first-order valence-corrected chi connectivity index (χ1v) is 4.91. The van der Waals surface area contributed by atoms with Gasteiger partial charge in [0.1, 0.15) is 4.32 Å². The molecule has 0 amide bonds. The fraction of sp³-hybridized carbons (Fsp3) is 0.222. The van der Waals surface area contributed by atoms with E-state index < -0.39 is 0 Å². The lowest BCUT2D eigenvalue weighted by atomic mass is 10.2. The predicted octanol–water partition coefficient (Wildman–Crippen LogP) is 2.59. The van der Waals surface area contributed by atoms with E-state index in [4.69, 9.17) is 12.2 Å². The van der Waals surface area contributed by atoms with Crippen molar-refractivity contribution in [2.75, 3.05) is 7.05 Å². The van der Waals surface area contributed by atoms with Crippen LogP contribution in [0.2, 0.25) is 0 Å². The van der Waals surface area contributed by atoms with E-state index in [1.54, 1.807) is 11.8 Å². The Morgan fingerprint density at radius 3 is 2.42 bits per heavy atom. The topological polar surface area (TPSA) is 12.0 Å². The number of rotatable bonds is 1. The molecule has 0 saturated heterocycles. The van der Waals surface area contributed by atoms with Gasteiger partial charge in [-0.3, -0.25) is 0 Å². The van der Waals surface area contributed by atoms with Crippen LogP contribution in [0, 0.1) is 6.92 Å². The average molecular weight is 197 g/mol. The van der Waals surface area contributed by atoms with Gasteiger partial charge in [-0.2, -0.15) is 0 Å². The average Bonchev–Trinajstić information content (AvgIpc) is 2.09. The van der Waals surface area contributed by atoms with Gasteiger partial charge in [-0.15, -0.1) is 0 Å². The zero-order chi connectivity index (χ0) is 8.97. The third-order valence-corrected chi connectivity index (χ3v) is 2.79. The molecule has 1 aromatic carbocycles. The van der Waals surface area contributed by atoms with E-state index in [9.17, 15) is 0 Å². The second-order valence-electron chi connectivity index (χ2n) is 2.45. The second kappa shape index (κ2) is 4.48. The highest BCUT2D eigenvalue weighted by Gasteiger charge is 1.96. The standard InChI is InChI=1S/C9H11NS2/c1-7-3-5-8(6-4-7)12-9(11)10-2/h3-6H,1-2H3,(H,10,11). The van der Waals surface area contributed by atoms with Gasteiger partial charge in [0.2, 0.25) is 0 Å². The minimum atomic E-state index is 0.804. The molecule has 0 aliphatic rings. The van der Waals surface area contributed by atoms with Gasteiger partial charge in [0.15, 0.2) is 0 Å². The number of thiocarbonyl (C=S) groups is 1. The van der Waals surface area contributed by atoms with Crippen molar-refractivity contribution >= 4 is 28.3 Å².